The van der Waals surface area contributed by atoms with Crippen LogP contribution in [0.2, 0.25) is 0 Å². The summed E-state index contributed by atoms with van der Waals surface area (Å²) >= 11 is 0. The lowest BCUT2D eigenvalue weighted by Gasteiger charge is -2.21. The molecule has 2 aliphatic heterocycles. The average molecular weight is 455 g/mol. The molecule has 0 radical (unpaired) electrons. The van der Waals surface area contributed by atoms with Gasteiger partial charge in [0.1, 0.15) is 0 Å². The van der Waals surface area contributed by atoms with Crippen LogP contribution in [0, 0.1) is 11.3 Å². The molecule has 2 aromatic heterocycles. The Labute approximate surface area is 200 Å². The van der Waals surface area contributed by atoms with Gasteiger partial charge in [0, 0.05) is 55.5 Å². The van der Waals surface area contributed by atoms with Crippen LogP contribution in [-0.2, 0) is 6.54 Å². The fourth-order valence-corrected chi connectivity index (χ4v) is 4.96. The van der Waals surface area contributed by atoms with Crippen LogP contribution >= 0.6 is 13.5 Å². The maximum absolute atomic E-state index is 9.10. The van der Waals surface area contributed by atoms with Crippen molar-refractivity contribution in [3.8, 4) is 34.4 Å². The molecule has 0 bridgehead atoms. The second kappa shape index (κ2) is 8.47. The average Bonchev–Trinajstić information content (AvgIpc) is 3.57. The third-order valence-corrected chi connectivity index (χ3v) is 6.74. The highest BCUT2D eigenvalue weighted by Gasteiger charge is 2.24. The van der Waals surface area contributed by atoms with Crippen molar-refractivity contribution in [2.75, 3.05) is 25.0 Å². The van der Waals surface area contributed by atoms with Crippen molar-refractivity contribution in [3.63, 3.8) is 0 Å². The van der Waals surface area contributed by atoms with Crippen LogP contribution in [0.1, 0.15) is 17.5 Å². The molecule has 6 rings (SSSR count). The van der Waals surface area contributed by atoms with E-state index in [0.717, 1.165) is 42.3 Å². The second-order valence-electron chi connectivity index (χ2n) is 8.59. The number of hydrogen-bond acceptors (Lipinski definition) is 4. The summed E-state index contributed by atoms with van der Waals surface area (Å²) in [5.74, 6) is 0.952. The van der Waals surface area contributed by atoms with Gasteiger partial charge in [0.25, 0.3) is 0 Å². The van der Waals surface area contributed by atoms with E-state index in [-0.39, 0.29) is 13.5 Å². The highest BCUT2D eigenvalue weighted by Crippen LogP contribution is 2.35. The van der Waals surface area contributed by atoms with E-state index in [4.69, 9.17) is 10.2 Å². The van der Waals surface area contributed by atoms with Gasteiger partial charge in [0.05, 0.1) is 23.0 Å². The van der Waals surface area contributed by atoms with Gasteiger partial charge >= 0.3 is 0 Å². The second-order valence-corrected chi connectivity index (χ2v) is 8.59. The summed E-state index contributed by atoms with van der Waals surface area (Å²) in [4.78, 5) is 7.16. The number of fused-ring (bicyclic) bond motifs is 5. The van der Waals surface area contributed by atoms with E-state index in [9.17, 15) is 0 Å². The van der Waals surface area contributed by atoms with Crippen LogP contribution in [0.3, 0.4) is 0 Å². The van der Waals surface area contributed by atoms with Crippen LogP contribution in [-0.4, -0.2) is 40.3 Å². The van der Waals surface area contributed by atoms with Gasteiger partial charge in [-0.3, -0.25) is 4.57 Å². The summed E-state index contributed by atoms with van der Waals surface area (Å²) in [7, 11) is 2.05. The van der Waals surface area contributed by atoms with E-state index in [2.05, 4.69) is 55.9 Å². The molecule has 0 saturated carbocycles. The zero-order valence-electron chi connectivity index (χ0n) is 18.5. The van der Waals surface area contributed by atoms with Crippen molar-refractivity contribution in [3.05, 3.63) is 78.2 Å². The third kappa shape index (κ3) is 3.62. The number of nitrogens with zero attached hydrogens (tertiary/aromatic N) is 5. The first-order valence-corrected chi connectivity index (χ1v) is 11.0. The zero-order chi connectivity index (χ0) is 21.7. The number of aromatic nitrogens is 3. The predicted molar refractivity (Wildman–Crippen MR) is 136 cm³/mol. The van der Waals surface area contributed by atoms with Gasteiger partial charge in [-0.1, -0.05) is 12.1 Å². The Bertz CT molecular complexity index is 1340. The van der Waals surface area contributed by atoms with E-state index in [1.807, 2.05) is 43.7 Å². The fraction of sp³-hybridized carbons (Fsp3) is 0.231. The Morgan fingerprint density at radius 2 is 1.94 bits per heavy atom. The Morgan fingerprint density at radius 1 is 1.09 bits per heavy atom. The van der Waals surface area contributed by atoms with E-state index >= 15 is 0 Å². The van der Waals surface area contributed by atoms with Crippen molar-refractivity contribution >= 4 is 19.2 Å². The molecule has 7 heteroatoms. The molecule has 1 saturated heterocycles. The van der Waals surface area contributed by atoms with Crippen molar-refractivity contribution in [2.24, 2.45) is 0 Å². The molecule has 166 valence electrons. The standard InChI is InChI=1S/C26H24N6.H2S/c1-28-22-8-10-30(17-22)23-6-7-24-21(12-23)16-31-15-20(19-4-2-18(14-27)3-5-19)13-25(31)26-29-9-11-32(24)26;/h2-7,9,11-13,15,22,28H,8,10,16-17H2,1H3;1H2/t22-;/m0./s1. The van der Waals surface area contributed by atoms with Gasteiger partial charge in [-0.05, 0) is 61.0 Å². The quantitative estimate of drug-likeness (QED) is 0.445. The lowest BCUT2D eigenvalue weighted by molar-refractivity contribution is 0.617. The highest BCUT2D eigenvalue weighted by molar-refractivity contribution is 7.59. The Balaban J connectivity index is 0.00000228. The van der Waals surface area contributed by atoms with Crippen LogP contribution in [0.25, 0.3) is 28.3 Å². The maximum atomic E-state index is 9.10. The first-order valence-electron chi connectivity index (χ1n) is 11.0. The molecule has 0 amide bonds. The van der Waals surface area contributed by atoms with Crippen molar-refractivity contribution < 1.29 is 0 Å². The summed E-state index contributed by atoms with van der Waals surface area (Å²) in [6, 6.07) is 19.5. The zero-order valence-corrected chi connectivity index (χ0v) is 19.5. The number of nitrogens with one attached hydrogen (secondary N) is 1. The molecule has 0 unspecified atom stereocenters. The van der Waals surface area contributed by atoms with E-state index in [1.165, 1.54) is 23.4 Å². The molecule has 1 atom stereocenters. The molecule has 4 heterocycles. The normalized spacial score (nSPS) is 16.2. The molecule has 2 aromatic carbocycles. The summed E-state index contributed by atoms with van der Waals surface area (Å²) < 4.78 is 4.49. The summed E-state index contributed by atoms with van der Waals surface area (Å²) in [6.45, 7) is 2.92. The summed E-state index contributed by atoms with van der Waals surface area (Å²) in [6.07, 6.45) is 7.29. The molecule has 1 fully saturated rings. The summed E-state index contributed by atoms with van der Waals surface area (Å²) in [5, 5.41) is 12.5. The number of anilines is 1. The van der Waals surface area contributed by atoms with E-state index < -0.39 is 0 Å². The topological polar surface area (TPSA) is 61.8 Å². The fourth-order valence-electron chi connectivity index (χ4n) is 4.96. The minimum absolute atomic E-state index is 0. The van der Waals surface area contributed by atoms with Crippen molar-refractivity contribution in [2.45, 2.75) is 19.0 Å². The molecule has 4 aromatic rings. The van der Waals surface area contributed by atoms with Crippen LogP contribution in [0.4, 0.5) is 5.69 Å². The van der Waals surface area contributed by atoms with Gasteiger partial charge in [0.2, 0.25) is 0 Å². The van der Waals surface area contributed by atoms with Crippen molar-refractivity contribution in [1.29, 1.82) is 5.26 Å². The molecule has 2 aliphatic rings. The van der Waals surface area contributed by atoms with Crippen molar-refractivity contribution in [1.82, 2.24) is 19.4 Å². The largest absolute Gasteiger partial charge is 0.370 e. The third-order valence-electron chi connectivity index (χ3n) is 6.74. The number of nitriles is 1. The molecule has 0 spiro atoms. The van der Waals surface area contributed by atoms with Gasteiger partial charge in [-0.15, -0.1) is 0 Å². The smallest absolute Gasteiger partial charge is 0.161 e. The minimum atomic E-state index is 0. The monoisotopic (exact) mass is 454 g/mol. The van der Waals surface area contributed by atoms with E-state index in [0.29, 0.717) is 11.6 Å². The number of hydrogen-bond donors (Lipinski definition) is 1. The van der Waals surface area contributed by atoms with Gasteiger partial charge < -0.3 is 14.8 Å². The highest BCUT2D eigenvalue weighted by atomic mass is 32.1. The summed E-state index contributed by atoms with van der Waals surface area (Å²) in [5.41, 5.74) is 7.77. The van der Waals surface area contributed by atoms with Crippen LogP contribution in [0.5, 0.6) is 0 Å². The predicted octanol–water partition coefficient (Wildman–Crippen LogP) is 4.15. The Kier molecular flexibility index (Phi) is 5.49. The number of benzene rings is 2. The van der Waals surface area contributed by atoms with Crippen LogP contribution < -0.4 is 10.2 Å². The Hall–Kier alpha value is -3.47. The van der Waals surface area contributed by atoms with Gasteiger partial charge in [-0.2, -0.15) is 18.8 Å². The number of likely N-dealkylation sites (N-methyl/N-ethyl adjacent to an activating group) is 1. The first-order chi connectivity index (χ1) is 15.7. The molecule has 33 heavy (non-hydrogen) atoms. The first kappa shape index (κ1) is 21.4. The molecule has 6 nitrogen and oxygen atoms in total. The number of imidazole rings is 1. The van der Waals surface area contributed by atoms with E-state index in [1.54, 1.807) is 0 Å². The Morgan fingerprint density at radius 3 is 2.70 bits per heavy atom. The molecular weight excluding hydrogens is 428 g/mol. The van der Waals surface area contributed by atoms with Gasteiger partial charge in [0.15, 0.2) is 5.82 Å². The molecular formula is C26H26N6S. The molecule has 0 aliphatic carbocycles. The SMILES string of the molecule is CN[C@H]1CCN(c2ccc3c(c2)Cn2cc(-c4ccc(C#N)cc4)cc2-c2nccn2-3)C1.S. The number of rotatable bonds is 3. The molecule has 1 N–H and O–H groups in total. The minimum Gasteiger partial charge on any atom is -0.370 e. The van der Waals surface area contributed by atoms with Crippen LogP contribution in [0.15, 0.2) is 67.1 Å². The van der Waals surface area contributed by atoms with Gasteiger partial charge in [-0.25, -0.2) is 4.98 Å². The lowest BCUT2D eigenvalue weighted by Crippen LogP contribution is -2.29. The maximum Gasteiger partial charge on any atom is 0.161 e. The lowest BCUT2D eigenvalue weighted by atomic mass is 10.1.